The molecular formula is C15H25NOS. The van der Waals surface area contributed by atoms with E-state index in [-0.39, 0.29) is 4.75 Å². The van der Waals surface area contributed by atoms with Crippen molar-refractivity contribution < 1.29 is 4.74 Å². The normalized spacial score (nSPS) is 13.4. The van der Waals surface area contributed by atoms with Gasteiger partial charge in [-0.05, 0) is 31.7 Å². The van der Waals surface area contributed by atoms with Crippen molar-refractivity contribution in [3.05, 3.63) is 29.3 Å². The average Bonchev–Trinajstić information content (AvgIpc) is 2.34. The molecule has 0 bridgehead atoms. The van der Waals surface area contributed by atoms with Gasteiger partial charge in [-0.1, -0.05) is 26.8 Å². The lowest BCUT2D eigenvalue weighted by Crippen LogP contribution is -2.13. The molecule has 1 unspecified atom stereocenters. The number of rotatable bonds is 5. The molecule has 1 atom stereocenters. The largest absolute Gasteiger partial charge is 0.496 e. The molecule has 0 aromatic heterocycles. The zero-order valence-electron chi connectivity index (χ0n) is 12.3. The summed E-state index contributed by atoms with van der Waals surface area (Å²) in [4.78, 5) is 0. The van der Waals surface area contributed by atoms with Crippen LogP contribution in [-0.2, 0) is 5.75 Å². The van der Waals surface area contributed by atoms with Crippen molar-refractivity contribution >= 4 is 11.8 Å². The molecule has 18 heavy (non-hydrogen) atoms. The van der Waals surface area contributed by atoms with E-state index in [1.54, 1.807) is 7.11 Å². The van der Waals surface area contributed by atoms with Crippen molar-refractivity contribution in [2.24, 2.45) is 0 Å². The number of nitrogens with one attached hydrogen (secondary N) is 1. The molecule has 1 N–H and O–H groups in total. The highest BCUT2D eigenvalue weighted by atomic mass is 32.2. The number of methoxy groups -OCH3 is 1. The van der Waals surface area contributed by atoms with Gasteiger partial charge in [-0.2, -0.15) is 11.8 Å². The summed E-state index contributed by atoms with van der Waals surface area (Å²) in [6.45, 7) is 8.89. The molecule has 0 radical (unpaired) electrons. The molecule has 0 aliphatic carbocycles. The highest BCUT2D eigenvalue weighted by Gasteiger charge is 2.14. The molecule has 0 fully saturated rings. The van der Waals surface area contributed by atoms with E-state index >= 15 is 0 Å². The Morgan fingerprint density at radius 3 is 2.50 bits per heavy atom. The summed E-state index contributed by atoms with van der Waals surface area (Å²) >= 11 is 1.94. The van der Waals surface area contributed by atoms with Gasteiger partial charge >= 0.3 is 0 Å². The van der Waals surface area contributed by atoms with Gasteiger partial charge in [0.1, 0.15) is 5.75 Å². The predicted molar refractivity (Wildman–Crippen MR) is 81.5 cm³/mol. The highest BCUT2D eigenvalue weighted by Crippen LogP contribution is 2.32. The molecular weight excluding hydrogens is 242 g/mol. The van der Waals surface area contributed by atoms with Crippen LogP contribution in [0.4, 0.5) is 0 Å². The summed E-state index contributed by atoms with van der Waals surface area (Å²) in [5.74, 6) is 1.97. The second-order valence-electron chi connectivity index (χ2n) is 5.48. The topological polar surface area (TPSA) is 21.3 Å². The molecule has 2 nitrogen and oxygen atoms in total. The Morgan fingerprint density at radius 1 is 1.33 bits per heavy atom. The van der Waals surface area contributed by atoms with E-state index in [1.807, 2.05) is 18.8 Å². The fourth-order valence-corrected chi connectivity index (χ4v) is 2.46. The van der Waals surface area contributed by atoms with Gasteiger partial charge < -0.3 is 10.1 Å². The SMILES string of the molecule is CNC(C)c1ccc(OC)c(CSC(C)(C)C)c1. The Hall–Kier alpha value is -0.670. The first-order valence-electron chi connectivity index (χ1n) is 6.35. The van der Waals surface area contributed by atoms with Crippen molar-refractivity contribution in [3.8, 4) is 5.75 Å². The Kier molecular flexibility index (Phi) is 5.54. The minimum Gasteiger partial charge on any atom is -0.496 e. The maximum absolute atomic E-state index is 5.45. The van der Waals surface area contributed by atoms with Gasteiger partial charge in [-0.15, -0.1) is 0 Å². The van der Waals surface area contributed by atoms with Gasteiger partial charge in [-0.25, -0.2) is 0 Å². The van der Waals surface area contributed by atoms with E-state index in [0.29, 0.717) is 6.04 Å². The average molecular weight is 267 g/mol. The number of ether oxygens (including phenoxy) is 1. The molecule has 0 heterocycles. The van der Waals surface area contributed by atoms with Crippen LogP contribution in [0.25, 0.3) is 0 Å². The van der Waals surface area contributed by atoms with Gasteiger partial charge in [0.15, 0.2) is 0 Å². The smallest absolute Gasteiger partial charge is 0.122 e. The number of benzene rings is 1. The van der Waals surface area contributed by atoms with Gasteiger partial charge in [0.05, 0.1) is 7.11 Å². The minimum absolute atomic E-state index is 0.273. The number of thioether (sulfide) groups is 1. The van der Waals surface area contributed by atoms with Crippen LogP contribution in [0.15, 0.2) is 18.2 Å². The van der Waals surface area contributed by atoms with Crippen molar-refractivity contribution in [2.75, 3.05) is 14.2 Å². The zero-order chi connectivity index (χ0) is 13.8. The lowest BCUT2D eigenvalue weighted by Gasteiger charge is -2.20. The van der Waals surface area contributed by atoms with Crippen LogP contribution >= 0.6 is 11.8 Å². The molecule has 0 saturated carbocycles. The summed E-state index contributed by atoms with van der Waals surface area (Å²) in [6, 6.07) is 6.82. The van der Waals surface area contributed by atoms with Crippen LogP contribution in [0.1, 0.15) is 44.9 Å². The number of hydrogen-bond acceptors (Lipinski definition) is 3. The Labute approximate surface area is 116 Å². The van der Waals surface area contributed by atoms with E-state index < -0.39 is 0 Å². The molecule has 0 saturated heterocycles. The summed E-state index contributed by atoms with van der Waals surface area (Å²) < 4.78 is 5.72. The molecule has 0 spiro atoms. The zero-order valence-corrected chi connectivity index (χ0v) is 13.1. The predicted octanol–water partition coefficient (Wildman–Crippen LogP) is 4.01. The summed E-state index contributed by atoms with van der Waals surface area (Å²) in [7, 11) is 3.72. The van der Waals surface area contributed by atoms with Crippen molar-refractivity contribution in [1.82, 2.24) is 5.32 Å². The van der Waals surface area contributed by atoms with Crippen LogP contribution in [0.5, 0.6) is 5.75 Å². The first-order chi connectivity index (χ1) is 8.37. The third-order valence-corrected chi connectivity index (χ3v) is 4.22. The molecule has 0 aliphatic rings. The fraction of sp³-hybridized carbons (Fsp3) is 0.600. The first kappa shape index (κ1) is 15.4. The molecule has 1 aromatic carbocycles. The van der Waals surface area contributed by atoms with Crippen LogP contribution in [0, 0.1) is 0 Å². The lowest BCUT2D eigenvalue weighted by molar-refractivity contribution is 0.411. The Balaban J connectivity index is 2.92. The fourth-order valence-electron chi connectivity index (χ4n) is 1.64. The van der Waals surface area contributed by atoms with Crippen molar-refractivity contribution in [3.63, 3.8) is 0 Å². The van der Waals surface area contributed by atoms with E-state index in [4.69, 9.17) is 4.74 Å². The van der Waals surface area contributed by atoms with Gasteiger partial charge in [0, 0.05) is 22.1 Å². The van der Waals surface area contributed by atoms with E-state index in [1.165, 1.54) is 11.1 Å². The second-order valence-corrected chi connectivity index (χ2v) is 7.28. The van der Waals surface area contributed by atoms with Crippen LogP contribution in [0.3, 0.4) is 0 Å². The maximum atomic E-state index is 5.45. The third-order valence-electron chi connectivity index (χ3n) is 2.90. The van der Waals surface area contributed by atoms with Gasteiger partial charge in [0.25, 0.3) is 0 Å². The van der Waals surface area contributed by atoms with Crippen LogP contribution in [0.2, 0.25) is 0 Å². The summed E-state index contributed by atoms with van der Waals surface area (Å²) in [5.41, 5.74) is 2.58. The molecule has 1 aromatic rings. The quantitative estimate of drug-likeness (QED) is 0.871. The Bertz CT molecular complexity index is 385. The molecule has 0 amide bonds. The summed E-state index contributed by atoms with van der Waals surface area (Å²) in [5, 5.41) is 3.27. The van der Waals surface area contributed by atoms with Crippen molar-refractivity contribution in [2.45, 2.75) is 44.2 Å². The second kappa shape index (κ2) is 6.48. The third kappa shape index (κ3) is 4.54. The lowest BCUT2D eigenvalue weighted by atomic mass is 10.1. The van der Waals surface area contributed by atoms with E-state index in [2.05, 4.69) is 51.2 Å². The first-order valence-corrected chi connectivity index (χ1v) is 7.34. The number of hydrogen-bond donors (Lipinski definition) is 1. The van der Waals surface area contributed by atoms with E-state index in [0.717, 1.165) is 11.5 Å². The molecule has 3 heteroatoms. The van der Waals surface area contributed by atoms with Crippen molar-refractivity contribution in [1.29, 1.82) is 0 Å². The van der Waals surface area contributed by atoms with E-state index in [9.17, 15) is 0 Å². The molecule has 0 aliphatic heterocycles. The molecule has 102 valence electrons. The maximum Gasteiger partial charge on any atom is 0.122 e. The van der Waals surface area contributed by atoms with Crippen LogP contribution < -0.4 is 10.1 Å². The van der Waals surface area contributed by atoms with Gasteiger partial charge in [0.2, 0.25) is 0 Å². The summed E-state index contributed by atoms with van der Waals surface area (Å²) in [6.07, 6.45) is 0. The van der Waals surface area contributed by atoms with Crippen LogP contribution in [-0.4, -0.2) is 18.9 Å². The Morgan fingerprint density at radius 2 is 2.00 bits per heavy atom. The van der Waals surface area contributed by atoms with Gasteiger partial charge in [-0.3, -0.25) is 0 Å². The highest BCUT2D eigenvalue weighted by molar-refractivity contribution is 7.99. The standard InChI is InChI=1S/C15H25NOS/c1-11(16-5)12-7-8-14(17-6)13(9-12)10-18-15(2,3)4/h7-9,11,16H,10H2,1-6H3. The molecule has 1 rings (SSSR count). The monoisotopic (exact) mass is 267 g/mol. The minimum atomic E-state index is 0.273.